The Morgan fingerprint density at radius 1 is 1.05 bits per heavy atom. The van der Waals surface area contributed by atoms with E-state index in [1.807, 2.05) is 76.4 Å². The minimum atomic E-state index is -1.10. The monoisotopic (exact) mass is 552 g/mol. The second kappa shape index (κ2) is 14.0. The van der Waals surface area contributed by atoms with Crippen molar-refractivity contribution in [3.05, 3.63) is 64.2 Å². The Hall–Kier alpha value is -3.51. The number of nitriles is 1. The predicted molar refractivity (Wildman–Crippen MR) is 157 cm³/mol. The Morgan fingerprint density at radius 2 is 1.69 bits per heavy atom. The summed E-state index contributed by atoms with van der Waals surface area (Å²) < 4.78 is 5.40. The lowest BCUT2D eigenvalue weighted by atomic mass is 9.96. The maximum absolute atomic E-state index is 14.0. The lowest BCUT2D eigenvalue weighted by Gasteiger charge is -2.34. The summed E-state index contributed by atoms with van der Waals surface area (Å²) in [5.74, 6) is -0.392. The summed E-state index contributed by atoms with van der Waals surface area (Å²) in [6.07, 6.45) is 1.47. The largest absolute Gasteiger partial charge is 0.444 e. The highest BCUT2D eigenvalue weighted by Crippen LogP contribution is 2.29. The van der Waals surface area contributed by atoms with Crippen molar-refractivity contribution in [3.63, 3.8) is 0 Å². The number of thioether (sulfide) groups is 1. The van der Waals surface area contributed by atoms with Crippen LogP contribution < -0.4 is 10.6 Å². The molecule has 2 atom stereocenters. The molecule has 2 rings (SSSR count). The zero-order valence-corrected chi connectivity index (χ0v) is 25.0. The number of para-hydroxylation sites is 1. The number of rotatable bonds is 10. The van der Waals surface area contributed by atoms with Crippen molar-refractivity contribution in [2.45, 2.75) is 72.6 Å². The van der Waals surface area contributed by atoms with Gasteiger partial charge in [0, 0.05) is 5.69 Å². The van der Waals surface area contributed by atoms with Crippen LogP contribution in [-0.2, 0) is 14.3 Å². The maximum Gasteiger partial charge on any atom is 0.408 e. The summed E-state index contributed by atoms with van der Waals surface area (Å²) in [6.45, 7) is 12.5. The van der Waals surface area contributed by atoms with Crippen molar-refractivity contribution >= 4 is 35.4 Å². The van der Waals surface area contributed by atoms with Crippen LogP contribution in [0.3, 0.4) is 0 Å². The van der Waals surface area contributed by atoms with Gasteiger partial charge in [0.1, 0.15) is 24.2 Å². The van der Waals surface area contributed by atoms with Crippen molar-refractivity contribution in [3.8, 4) is 6.07 Å². The lowest BCUT2D eigenvalue weighted by Crippen LogP contribution is -2.52. The van der Waals surface area contributed by atoms with Gasteiger partial charge in [0.25, 0.3) is 5.91 Å². The van der Waals surface area contributed by atoms with E-state index >= 15 is 0 Å². The first kappa shape index (κ1) is 31.7. The molecule has 0 aliphatic rings. The Kier molecular flexibility index (Phi) is 11.4. The number of nitrogens with one attached hydrogen (secondary N) is 2. The zero-order valence-electron chi connectivity index (χ0n) is 24.2. The van der Waals surface area contributed by atoms with Gasteiger partial charge in [0.2, 0.25) is 5.91 Å². The molecule has 39 heavy (non-hydrogen) atoms. The van der Waals surface area contributed by atoms with Gasteiger partial charge < -0.3 is 20.3 Å². The van der Waals surface area contributed by atoms with Crippen molar-refractivity contribution in [2.24, 2.45) is 0 Å². The lowest BCUT2D eigenvalue weighted by molar-refractivity contribution is -0.140. The Bertz CT molecular complexity index is 1210. The molecule has 0 radical (unpaired) electrons. The highest BCUT2D eigenvalue weighted by Gasteiger charge is 2.37. The highest BCUT2D eigenvalue weighted by atomic mass is 32.2. The molecule has 0 bridgehead atoms. The number of hydrogen-bond donors (Lipinski definition) is 2. The van der Waals surface area contributed by atoms with Crippen LogP contribution in [0.2, 0.25) is 0 Å². The Labute approximate surface area is 236 Å². The van der Waals surface area contributed by atoms with Crippen LogP contribution >= 0.6 is 11.8 Å². The van der Waals surface area contributed by atoms with Gasteiger partial charge >= 0.3 is 6.09 Å². The second-order valence-electron chi connectivity index (χ2n) is 10.6. The summed E-state index contributed by atoms with van der Waals surface area (Å²) in [6, 6.07) is 11.3. The molecule has 0 saturated heterocycles. The molecule has 210 valence electrons. The summed E-state index contributed by atoms with van der Waals surface area (Å²) in [5.41, 5.74) is 4.09. The van der Waals surface area contributed by atoms with Crippen LogP contribution in [0.25, 0.3) is 0 Å². The fourth-order valence-electron chi connectivity index (χ4n) is 4.30. The molecule has 0 spiro atoms. The summed E-state index contributed by atoms with van der Waals surface area (Å²) >= 11 is 1.53. The molecular formula is C30H40N4O4S. The van der Waals surface area contributed by atoms with Gasteiger partial charge in [0.15, 0.2) is 0 Å². The van der Waals surface area contributed by atoms with Crippen LogP contribution in [-0.4, -0.2) is 53.0 Å². The summed E-state index contributed by atoms with van der Waals surface area (Å²) in [7, 11) is 0. The molecular weight excluding hydrogens is 512 g/mol. The van der Waals surface area contributed by atoms with Gasteiger partial charge in [-0.2, -0.15) is 17.0 Å². The van der Waals surface area contributed by atoms with Gasteiger partial charge in [-0.25, -0.2) is 4.79 Å². The molecule has 3 amide bonds. The standard InChI is InChI=1S/C30H40N4O4S/c1-19-12-13-23(22(4)18-19)26(27(35)33-25-20(2)10-9-11-21(25)3)34(16-15-31)28(36)24(14-17-39-8)32-29(37)38-30(5,6)7/h9-13,18,24,26H,14,16-17H2,1-8H3,(H,32,37)(H,33,35). The average Bonchev–Trinajstić information content (AvgIpc) is 2.83. The molecule has 9 heteroatoms. The predicted octanol–water partition coefficient (Wildman–Crippen LogP) is 5.60. The first-order chi connectivity index (χ1) is 18.3. The van der Waals surface area contributed by atoms with E-state index in [0.717, 1.165) is 22.3 Å². The first-order valence-electron chi connectivity index (χ1n) is 12.9. The van der Waals surface area contributed by atoms with Crippen molar-refractivity contribution in [2.75, 3.05) is 23.9 Å². The van der Waals surface area contributed by atoms with Crippen LogP contribution in [0.5, 0.6) is 0 Å². The molecule has 2 aromatic rings. The van der Waals surface area contributed by atoms with E-state index in [-0.39, 0.29) is 6.54 Å². The van der Waals surface area contributed by atoms with E-state index in [0.29, 0.717) is 23.4 Å². The molecule has 0 aliphatic carbocycles. The molecule has 0 aliphatic heterocycles. The molecule has 8 nitrogen and oxygen atoms in total. The molecule has 0 saturated carbocycles. The third-order valence-electron chi connectivity index (χ3n) is 6.13. The van der Waals surface area contributed by atoms with E-state index in [1.54, 1.807) is 20.8 Å². The minimum Gasteiger partial charge on any atom is -0.444 e. The molecule has 0 aromatic heterocycles. The minimum absolute atomic E-state index is 0.305. The number of benzene rings is 2. The number of anilines is 1. The van der Waals surface area contributed by atoms with Crippen molar-refractivity contribution < 1.29 is 19.1 Å². The van der Waals surface area contributed by atoms with Gasteiger partial charge in [-0.05, 0) is 89.1 Å². The zero-order chi connectivity index (χ0) is 29.3. The Balaban J connectivity index is 2.58. The van der Waals surface area contributed by atoms with E-state index in [2.05, 4.69) is 10.6 Å². The number of aryl methyl sites for hydroxylation is 4. The first-order valence-corrected chi connectivity index (χ1v) is 14.3. The fourth-order valence-corrected chi connectivity index (χ4v) is 4.77. The molecule has 0 fully saturated rings. The van der Waals surface area contributed by atoms with Crippen LogP contribution in [0.4, 0.5) is 10.5 Å². The number of amides is 3. The second-order valence-corrected chi connectivity index (χ2v) is 11.6. The number of hydrogen-bond acceptors (Lipinski definition) is 6. The third kappa shape index (κ3) is 9.03. The van der Waals surface area contributed by atoms with E-state index in [1.165, 1.54) is 16.7 Å². The smallest absolute Gasteiger partial charge is 0.408 e. The molecule has 0 heterocycles. The highest BCUT2D eigenvalue weighted by molar-refractivity contribution is 7.98. The van der Waals surface area contributed by atoms with E-state index in [9.17, 15) is 19.6 Å². The fraction of sp³-hybridized carbons (Fsp3) is 0.467. The Morgan fingerprint density at radius 3 is 2.23 bits per heavy atom. The van der Waals surface area contributed by atoms with E-state index in [4.69, 9.17) is 4.74 Å². The average molecular weight is 553 g/mol. The summed E-state index contributed by atoms with van der Waals surface area (Å²) in [5, 5.41) is 15.4. The number of ether oxygens (including phenoxy) is 1. The van der Waals surface area contributed by atoms with Crippen LogP contribution in [0.15, 0.2) is 36.4 Å². The number of carbonyl (C=O) groups excluding carboxylic acids is 3. The number of alkyl carbamates (subject to hydrolysis) is 1. The molecule has 2 N–H and O–H groups in total. The molecule has 2 unspecified atom stereocenters. The quantitative estimate of drug-likeness (QED) is 0.371. The number of nitrogens with zero attached hydrogens (tertiary/aromatic N) is 2. The van der Waals surface area contributed by atoms with Gasteiger partial charge in [-0.15, -0.1) is 0 Å². The van der Waals surface area contributed by atoms with Crippen molar-refractivity contribution in [1.82, 2.24) is 10.2 Å². The van der Waals surface area contributed by atoms with Crippen molar-refractivity contribution in [1.29, 1.82) is 5.26 Å². The molecule has 2 aromatic carbocycles. The number of carbonyl (C=O) groups is 3. The van der Waals surface area contributed by atoms with Gasteiger partial charge in [0.05, 0.1) is 6.07 Å². The summed E-state index contributed by atoms with van der Waals surface area (Å²) in [4.78, 5) is 41.9. The van der Waals surface area contributed by atoms with Gasteiger partial charge in [-0.3, -0.25) is 9.59 Å². The third-order valence-corrected chi connectivity index (χ3v) is 6.78. The topological polar surface area (TPSA) is 112 Å². The van der Waals surface area contributed by atoms with E-state index < -0.39 is 35.6 Å². The normalized spacial score (nSPS) is 12.6. The van der Waals surface area contributed by atoms with Crippen LogP contribution in [0, 0.1) is 39.0 Å². The van der Waals surface area contributed by atoms with Crippen LogP contribution in [0.1, 0.15) is 61.1 Å². The SMILES string of the molecule is CSCCC(NC(=O)OC(C)(C)C)C(=O)N(CC#N)C(C(=O)Nc1c(C)cccc1C)c1ccc(C)cc1C. The van der Waals surface area contributed by atoms with Gasteiger partial charge in [-0.1, -0.05) is 42.0 Å². The maximum atomic E-state index is 14.0.